The highest BCUT2D eigenvalue weighted by Gasteiger charge is 2.30. The van der Waals surface area contributed by atoms with Gasteiger partial charge in [0.25, 0.3) is 0 Å². The van der Waals surface area contributed by atoms with Crippen molar-refractivity contribution in [3.63, 3.8) is 0 Å². The van der Waals surface area contributed by atoms with Crippen LogP contribution >= 0.6 is 0 Å². The molecular formula is C30H44N4O5. The maximum absolute atomic E-state index is 13.6. The van der Waals surface area contributed by atoms with Gasteiger partial charge >= 0.3 is 0 Å². The molecule has 1 aliphatic heterocycles. The third-order valence-electron chi connectivity index (χ3n) is 6.76. The highest BCUT2D eigenvalue weighted by molar-refractivity contribution is 5.90. The Morgan fingerprint density at radius 1 is 0.974 bits per heavy atom. The van der Waals surface area contributed by atoms with Crippen molar-refractivity contribution in [2.75, 3.05) is 52.5 Å². The van der Waals surface area contributed by atoms with Crippen LogP contribution in [0, 0.1) is 5.92 Å². The smallest absolute Gasteiger partial charge is 0.245 e. The number of carbonyl (C=O) groups excluding carboxylic acids is 2. The summed E-state index contributed by atoms with van der Waals surface area (Å²) in [6.07, 6.45) is 0.921. The number of aliphatic hydroxyl groups excluding tert-OH is 1. The van der Waals surface area contributed by atoms with Crippen molar-refractivity contribution in [2.24, 2.45) is 11.7 Å². The van der Waals surface area contributed by atoms with Crippen LogP contribution in [0.25, 0.3) is 0 Å². The summed E-state index contributed by atoms with van der Waals surface area (Å²) >= 11 is 0. The highest BCUT2D eigenvalue weighted by Crippen LogP contribution is 2.17. The van der Waals surface area contributed by atoms with Gasteiger partial charge in [0.05, 0.1) is 25.9 Å². The zero-order valence-corrected chi connectivity index (χ0v) is 23.3. The molecule has 4 N–H and O–H groups in total. The van der Waals surface area contributed by atoms with Gasteiger partial charge in [-0.05, 0) is 35.6 Å². The molecule has 0 bridgehead atoms. The highest BCUT2D eigenvalue weighted by atomic mass is 16.5. The first-order chi connectivity index (χ1) is 18.9. The lowest BCUT2D eigenvalue weighted by Gasteiger charge is -2.36. The molecule has 2 aromatic carbocycles. The summed E-state index contributed by atoms with van der Waals surface area (Å²) in [5.41, 5.74) is 8.16. The van der Waals surface area contributed by atoms with Gasteiger partial charge in [-0.3, -0.25) is 14.5 Å². The molecule has 39 heavy (non-hydrogen) atoms. The number of rotatable bonds is 15. The molecule has 0 radical (unpaired) electrons. The van der Waals surface area contributed by atoms with Crippen LogP contribution in [-0.4, -0.2) is 91.3 Å². The quantitative estimate of drug-likeness (QED) is 0.295. The number of nitrogens with zero attached hydrogens (tertiary/aromatic N) is 2. The lowest BCUT2D eigenvalue weighted by atomic mass is 10.0. The Morgan fingerprint density at radius 2 is 1.67 bits per heavy atom. The van der Waals surface area contributed by atoms with Gasteiger partial charge in [0.15, 0.2) is 0 Å². The number of aliphatic hydroxyl groups is 1. The van der Waals surface area contributed by atoms with E-state index in [2.05, 4.69) is 10.2 Å². The van der Waals surface area contributed by atoms with Gasteiger partial charge in [0.1, 0.15) is 18.4 Å². The molecule has 0 spiro atoms. The summed E-state index contributed by atoms with van der Waals surface area (Å²) in [6.45, 7) is 8.78. The first kappa shape index (κ1) is 30.6. The molecule has 1 heterocycles. The van der Waals surface area contributed by atoms with Crippen molar-refractivity contribution in [2.45, 2.75) is 45.4 Å². The van der Waals surface area contributed by atoms with Crippen LogP contribution in [0.4, 0.5) is 0 Å². The SMILES string of the molecule is CC(C)CC(N)C(=O)NC(Cc1ccc(OCc2ccccc2)cc1)C(=O)N1CCN(CCOCCO)CC1. The number of carbonyl (C=O) groups is 2. The Kier molecular flexibility index (Phi) is 12.7. The fourth-order valence-electron chi connectivity index (χ4n) is 4.56. The maximum Gasteiger partial charge on any atom is 0.245 e. The number of amides is 2. The van der Waals surface area contributed by atoms with Crippen LogP contribution in [0.2, 0.25) is 0 Å². The number of ether oxygens (including phenoxy) is 2. The normalized spacial score (nSPS) is 15.7. The molecule has 2 atom stereocenters. The molecule has 1 aliphatic rings. The maximum atomic E-state index is 13.6. The second kappa shape index (κ2) is 16.2. The number of benzene rings is 2. The average Bonchev–Trinajstić information content (AvgIpc) is 2.94. The molecule has 1 saturated heterocycles. The molecule has 0 aliphatic carbocycles. The summed E-state index contributed by atoms with van der Waals surface area (Å²) < 4.78 is 11.3. The molecule has 2 aromatic rings. The minimum Gasteiger partial charge on any atom is -0.489 e. The zero-order chi connectivity index (χ0) is 28.0. The Bertz CT molecular complexity index is 994. The molecule has 0 aromatic heterocycles. The van der Waals surface area contributed by atoms with E-state index in [4.69, 9.17) is 20.3 Å². The molecule has 0 saturated carbocycles. The van der Waals surface area contributed by atoms with E-state index < -0.39 is 12.1 Å². The van der Waals surface area contributed by atoms with Crippen molar-refractivity contribution in [1.29, 1.82) is 0 Å². The number of nitrogens with two attached hydrogens (primary N) is 1. The molecule has 2 amide bonds. The first-order valence-electron chi connectivity index (χ1n) is 13.9. The Hall–Kier alpha value is -2.98. The van der Waals surface area contributed by atoms with Crippen LogP contribution in [0.1, 0.15) is 31.4 Å². The third-order valence-corrected chi connectivity index (χ3v) is 6.76. The molecule has 1 fully saturated rings. The summed E-state index contributed by atoms with van der Waals surface area (Å²) in [4.78, 5) is 30.5. The van der Waals surface area contributed by atoms with Crippen molar-refractivity contribution in [3.8, 4) is 5.75 Å². The summed E-state index contributed by atoms with van der Waals surface area (Å²) in [7, 11) is 0. The second-order valence-corrected chi connectivity index (χ2v) is 10.4. The predicted octanol–water partition coefficient (Wildman–Crippen LogP) is 1.82. The van der Waals surface area contributed by atoms with E-state index >= 15 is 0 Å². The fraction of sp³-hybridized carbons (Fsp3) is 0.533. The van der Waals surface area contributed by atoms with E-state index in [1.165, 1.54) is 0 Å². The number of nitrogens with one attached hydrogen (secondary N) is 1. The monoisotopic (exact) mass is 540 g/mol. The lowest BCUT2D eigenvalue weighted by Crippen LogP contribution is -2.57. The van der Waals surface area contributed by atoms with Crippen molar-refractivity contribution >= 4 is 11.8 Å². The molecule has 9 heteroatoms. The van der Waals surface area contributed by atoms with E-state index in [0.29, 0.717) is 45.8 Å². The third kappa shape index (κ3) is 10.6. The van der Waals surface area contributed by atoms with Gasteiger partial charge in [-0.15, -0.1) is 0 Å². The minimum absolute atomic E-state index is 0.0135. The topological polar surface area (TPSA) is 117 Å². The van der Waals surface area contributed by atoms with Gasteiger partial charge in [-0.2, -0.15) is 0 Å². The number of hydrogen-bond acceptors (Lipinski definition) is 7. The minimum atomic E-state index is -0.703. The standard InChI is InChI=1S/C30H44N4O5/c1-23(2)20-27(31)29(36)32-28(30(37)34-14-12-33(13-15-34)16-18-38-19-17-35)21-24-8-10-26(11-9-24)39-22-25-6-4-3-5-7-25/h3-11,23,27-28,35H,12-22,31H2,1-2H3,(H,32,36). The Labute approximate surface area is 232 Å². The zero-order valence-electron chi connectivity index (χ0n) is 23.3. The van der Waals surface area contributed by atoms with Gasteiger partial charge < -0.3 is 30.5 Å². The molecule has 2 unspecified atom stereocenters. The summed E-state index contributed by atoms with van der Waals surface area (Å²) in [6, 6.07) is 16.3. The van der Waals surface area contributed by atoms with Crippen LogP contribution in [-0.2, 0) is 27.4 Å². The Morgan fingerprint density at radius 3 is 2.31 bits per heavy atom. The average molecular weight is 541 g/mol. The largest absolute Gasteiger partial charge is 0.489 e. The first-order valence-corrected chi connectivity index (χ1v) is 13.9. The predicted molar refractivity (Wildman–Crippen MR) is 151 cm³/mol. The van der Waals surface area contributed by atoms with Gasteiger partial charge in [-0.25, -0.2) is 0 Å². The van der Waals surface area contributed by atoms with E-state index in [1.54, 1.807) is 0 Å². The number of hydrogen-bond donors (Lipinski definition) is 3. The van der Waals surface area contributed by atoms with Crippen LogP contribution < -0.4 is 15.8 Å². The Balaban J connectivity index is 1.60. The van der Waals surface area contributed by atoms with Crippen LogP contribution in [0.15, 0.2) is 54.6 Å². The van der Waals surface area contributed by atoms with Crippen molar-refractivity contribution in [1.82, 2.24) is 15.1 Å². The molecule has 3 rings (SSSR count). The van der Waals surface area contributed by atoms with Gasteiger partial charge in [-0.1, -0.05) is 56.3 Å². The van der Waals surface area contributed by atoms with E-state index in [0.717, 1.165) is 36.5 Å². The van der Waals surface area contributed by atoms with E-state index in [9.17, 15) is 9.59 Å². The summed E-state index contributed by atoms with van der Waals surface area (Å²) in [5.74, 6) is 0.621. The van der Waals surface area contributed by atoms with Gasteiger partial charge in [0.2, 0.25) is 11.8 Å². The van der Waals surface area contributed by atoms with E-state index in [1.807, 2.05) is 73.3 Å². The van der Waals surface area contributed by atoms with Crippen molar-refractivity contribution in [3.05, 3.63) is 65.7 Å². The molecular weight excluding hydrogens is 496 g/mol. The number of piperazine rings is 1. The summed E-state index contributed by atoms with van der Waals surface area (Å²) in [5, 5.41) is 11.8. The molecule has 214 valence electrons. The van der Waals surface area contributed by atoms with Crippen LogP contribution in [0.3, 0.4) is 0 Å². The lowest BCUT2D eigenvalue weighted by molar-refractivity contribution is -0.138. The van der Waals surface area contributed by atoms with E-state index in [-0.39, 0.29) is 24.3 Å². The van der Waals surface area contributed by atoms with Gasteiger partial charge in [0, 0.05) is 39.1 Å². The molecule has 9 nitrogen and oxygen atoms in total. The second-order valence-electron chi connectivity index (χ2n) is 10.4. The van der Waals surface area contributed by atoms with Crippen molar-refractivity contribution < 1.29 is 24.2 Å². The van der Waals surface area contributed by atoms with Crippen LogP contribution in [0.5, 0.6) is 5.75 Å². The fourth-order valence-corrected chi connectivity index (χ4v) is 4.56.